The van der Waals surface area contributed by atoms with Gasteiger partial charge in [-0.05, 0) is 47.8 Å². The fourth-order valence-electron chi connectivity index (χ4n) is 3.28. The zero-order chi connectivity index (χ0) is 21.3. The average molecular weight is 526 g/mol. The molecule has 2 aromatic carbocycles. The van der Waals surface area contributed by atoms with Crippen molar-refractivity contribution in [1.82, 2.24) is 4.90 Å². The van der Waals surface area contributed by atoms with Gasteiger partial charge in [0.25, 0.3) is 5.91 Å². The molecule has 9 heteroatoms. The Morgan fingerprint density at radius 1 is 1.23 bits per heavy atom. The molecule has 1 unspecified atom stereocenters. The Balaban J connectivity index is 1.67. The van der Waals surface area contributed by atoms with Gasteiger partial charge in [0.15, 0.2) is 6.61 Å². The monoisotopic (exact) mass is 524 g/mol. The van der Waals surface area contributed by atoms with Gasteiger partial charge in [-0.25, -0.2) is 0 Å². The van der Waals surface area contributed by atoms with Crippen LogP contribution in [-0.2, 0) is 9.59 Å². The second-order valence-corrected chi connectivity index (χ2v) is 9.32. The van der Waals surface area contributed by atoms with Crippen molar-refractivity contribution >= 4 is 68.0 Å². The van der Waals surface area contributed by atoms with E-state index in [2.05, 4.69) is 21.2 Å². The molecule has 0 aliphatic carbocycles. The molecule has 30 heavy (non-hydrogen) atoms. The van der Waals surface area contributed by atoms with Crippen molar-refractivity contribution in [2.75, 3.05) is 18.5 Å². The first-order valence-corrected chi connectivity index (χ1v) is 11.4. The lowest BCUT2D eigenvalue weighted by Gasteiger charge is -2.29. The van der Waals surface area contributed by atoms with E-state index in [-0.39, 0.29) is 25.0 Å². The molecule has 1 aliphatic heterocycles. The predicted octanol–water partition coefficient (Wildman–Crippen LogP) is 5.77. The molecule has 0 radical (unpaired) electrons. The minimum atomic E-state index is -0.423. The highest BCUT2D eigenvalue weighted by Gasteiger charge is 2.34. The third-order valence-corrected chi connectivity index (χ3v) is 6.53. The standard InChI is InChI=1S/C21H15BrCl2N2O3S/c22-12-3-5-16-14(8-12)21(18-2-1-7-30-18)26(10-19(27)25-16)20(28)11-29-17-6-4-13(23)9-15(17)24/h1-9,21H,10-11H2,(H,25,27). The highest BCUT2D eigenvalue weighted by Crippen LogP contribution is 2.39. The van der Waals surface area contributed by atoms with E-state index in [1.165, 1.54) is 16.2 Å². The summed E-state index contributed by atoms with van der Waals surface area (Å²) in [6, 6.07) is 13.8. The quantitative estimate of drug-likeness (QED) is 0.470. The van der Waals surface area contributed by atoms with E-state index in [4.69, 9.17) is 27.9 Å². The van der Waals surface area contributed by atoms with Crippen LogP contribution < -0.4 is 10.1 Å². The van der Waals surface area contributed by atoms with E-state index in [0.29, 0.717) is 21.5 Å². The smallest absolute Gasteiger partial charge is 0.261 e. The summed E-state index contributed by atoms with van der Waals surface area (Å²) in [4.78, 5) is 28.2. The van der Waals surface area contributed by atoms with Gasteiger partial charge in [0.1, 0.15) is 12.3 Å². The summed E-state index contributed by atoms with van der Waals surface area (Å²) >= 11 is 17.1. The van der Waals surface area contributed by atoms with Gasteiger partial charge in [0, 0.05) is 25.6 Å². The molecule has 5 nitrogen and oxygen atoms in total. The van der Waals surface area contributed by atoms with Crippen molar-refractivity contribution in [2.45, 2.75) is 6.04 Å². The summed E-state index contributed by atoms with van der Waals surface area (Å²) < 4.78 is 6.50. The number of thiophene rings is 1. The Kier molecular flexibility index (Phi) is 6.34. The van der Waals surface area contributed by atoms with Crippen LogP contribution in [-0.4, -0.2) is 29.9 Å². The number of carbonyl (C=O) groups is 2. The lowest BCUT2D eigenvalue weighted by atomic mass is 10.0. The Labute approximate surface area is 195 Å². The second-order valence-electron chi connectivity index (χ2n) is 6.58. The van der Waals surface area contributed by atoms with Crippen LogP contribution in [0.2, 0.25) is 10.0 Å². The average Bonchev–Trinajstić information content (AvgIpc) is 3.18. The third-order valence-electron chi connectivity index (χ3n) is 4.59. The van der Waals surface area contributed by atoms with Crippen molar-refractivity contribution in [3.05, 3.63) is 78.9 Å². The lowest BCUT2D eigenvalue weighted by Crippen LogP contribution is -2.41. The fraction of sp³-hybridized carbons (Fsp3) is 0.143. The summed E-state index contributed by atoms with van der Waals surface area (Å²) in [6.45, 7) is -0.356. The molecule has 2 amide bonds. The van der Waals surface area contributed by atoms with Gasteiger partial charge in [0.2, 0.25) is 5.91 Å². The number of halogens is 3. The molecule has 0 fully saturated rings. The maximum absolute atomic E-state index is 13.2. The molecule has 3 aromatic rings. The molecule has 4 rings (SSSR count). The normalized spacial score (nSPS) is 15.9. The van der Waals surface area contributed by atoms with Crippen molar-refractivity contribution < 1.29 is 14.3 Å². The number of hydrogen-bond donors (Lipinski definition) is 1. The number of benzene rings is 2. The van der Waals surface area contributed by atoms with E-state index >= 15 is 0 Å². The molecular weight excluding hydrogens is 511 g/mol. The van der Waals surface area contributed by atoms with Crippen molar-refractivity contribution in [3.8, 4) is 5.75 Å². The lowest BCUT2D eigenvalue weighted by molar-refractivity contribution is -0.138. The summed E-state index contributed by atoms with van der Waals surface area (Å²) in [5.74, 6) is -0.248. The number of anilines is 1. The number of fused-ring (bicyclic) bond motifs is 1. The number of hydrogen-bond acceptors (Lipinski definition) is 4. The van der Waals surface area contributed by atoms with E-state index in [0.717, 1.165) is 14.9 Å². The molecule has 0 bridgehead atoms. The largest absolute Gasteiger partial charge is 0.482 e. The van der Waals surface area contributed by atoms with Crippen LogP contribution >= 0.6 is 50.5 Å². The number of carbonyl (C=O) groups excluding carboxylic acids is 2. The van der Waals surface area contributed by atoms with Gasteiger partial charge in [-0.15, -0.1) is 11.3 Å². The first kappa shape index (κ1) is 21.2. The van der Waals surface area contributed by atoms with E-state index in [1.54, 1.807) is 18.2 Å². The van der Waals surface area contributed by atoms with Crippen molar-refractivity contribution in [1.29, 1.82) is 0 Å². The minimum absolute atomic E-state index is 0.0919. The van der Waals surface area contributed by atoms with Gasteiger partial charge in [-0.3, -0.25) is 9.59 Å². The third kappa shape index (κ3) is 4.49. The molecule has 0 saturated carbocycles. The topological polar surface area (TPSA) is 58.6 Å². The predicted molar refractivity (Wildman–Crippen MR) is 123 cm³/mol. The molecule has 1 atom stereocenters. The van der Waals surface area contributed by atoms with Gasteiger partial charge >= 0.3 is 0 Å². The molecule has 1 aromatic heterocycles. The van der Waals surface area contributed by atoms with Gasteiger partial charge in [0.05, 0.1) is 11.1 Å². The van der Waals surface area contributed by atoms with Crippen LogP contribution in [0.4, 0.5) is 5.69 Å². The summed E-state index contributed by atoms with van der Waals surface area (Å²) in [7, 11) is 0. The van der Waals surface area contributed by atoms with Crippen molar-refractivity contribution in [2.24, 2.45) is 0 Å². The first-order chi connectivity index (χ1) is 14.4. The molecule has 1 aliphatic rings. The van der Waals surface area contributed by atoms with Crippen LogP contribution in [0.3, 0.4) is 0 Å². The first-order valence-electron chi connectivity index (χ1n) is 8.92. The highest BCUT2D eigenvalue weighted by atomic mass is 79.9. The maximum Gasteiger partial charge on any atom is 0.261 e. The molecule has 0 saturated heterocycles. The van der Waals surface area contributed by atoms with Gasteiger partial charge < -0.3 is 15.0 Å². The molecular formula is C21H15BrCl2N2O3S. The van der Waals surface area contributed by atoms with Crippen LogP contribution in [0.25, 0.3) is 0 Å². The van der Waals surface area contributed by atoms with Gasteiger partial charge in [-0.1, -0.05) is 45.2 Å². The number of nitrogens with one attached hydrogen (secondary N) is 1. The van der Waals surface area contributed by atoms with E-state index in [1.807, 2.05) is 35.7 Å². The Bertz CT molecular complexity index is 1110. The molecule has 154 valence electrons. The van der Waals surface area contributed by atoms with E-state index < -0.39 is 6.04 Å². The van der Waals surface area contributed by atoms with Crippen LogP contribution in [0.15, 0.2) is 58.4 Å². The van der Waals surface area contributed by atoms with Gasteiger partial charge in [-0.2, -0.15) is 0 Å². The molecule has 0 spiro atoms. The minimum Gasteiger partial charge on any atom is -0.482 e. The van der Waals surface area contributed by atoms with E-state index in [9.17, 15) is 9.59 Å². The Hall–Kier alpha value is -2.06. The second kappa shape index (κ2) is 8.98. The summed E-state index contributed by atoms with van der Waals surface area (Å²) in [6.07, 6.45) is 0. The summed E-state index contributed by atoms with van der Waals surface area (Å²) in [5.41, 5.74) is 1.51. The van der Waals surface area contributed by atoms with Crippen molar-refractivity contribution in [3.63, 3.8) is 0 Å². The molecule has 1 N–H and O–H groups in total. The maximum atomic E-state index is 13.2. The fourth-order valence-corrected chi connectivity index (χ4v) is 4.97. The molecule has 2 heterocycles. The van der Waals surface area contributed by atoms with Crippen LogP contribution in [0.1, 0.15) is 16.5 Å². The Morgan fingerprint density at radius 3 is 2.80 bits per heavy atom. The number of nitrogens with zero attached hydrogens (tertiary/aromatic N) is 1. The number of amides is 2. The van der Waals surface area contributed by atoms with Crippen LogP contribution in [0, 0.1) is 0 Å². The zero-order valence-corrected chi connectivity index (χ0v) is 19.3. The highest BCUT2D eigenvalue weighted by molar-refractivity contribution is 9.10. The van der Waals surface area contributed by atoms with Crippen LogP contribution in [0.5, 0.6) is 5.75 Å². The summed E-state index contributed by atoms with van der Waals surface area (Å²) in [5, 5.41) is 5.62. The zero-order valence-electron chi connectivity index (χ0n) is 15.4. The number of rotatable bonds is 4. The number of ether oxygens (including phenoxy) is 1. The SMILES string of the molecule is O=C1CN(C(=O)COc2ccc(Cl)cc2Cl)C(c2cccs2)c2cc(Br)ccc2N1. The Morgan fingerprint density at radius 2 is 2.07 bits per heavy atom.